The predicted molar refractivity (Wildman–Crippen MR) is 119 cm³/mol. The van der Waals surface area contributed by atoms with Crippen molar-refractivity contribution in [3.63, 3.8) is 0 Å². The van der Waals surface area contributed by atoms with Crippen LogP contribution in [-0.2, 0) is 21.4 Å². The van der Waals surface area contributed by atoms with Crippen molar-refractivity contribution in [3.05, 3.63) is 102 Å². The Morgan fingerprint density at radius 2 is 1.53 bits per heavy atom. The van der Waals surface area contributed by atoms with Gasteiger partial charge in [0.25, 0.3) is 0 Å². The van der Waals surface area contributed by atoms with E-state index in [2.05, 4.69) is 16.6 Å². The largest absolute Gasteiger partial charge is 0.375 e. The fourth-order valence-electron chi connectivity index (χ4n) is 2.83. The summed E-state index contributed by atoms with van der Waals surface area (Å²) >= 11 is 0. The topological polar surface area (TPSA) is 55.4 Å². The molecule has 1 unspecified atom stereocenters. The van der Waals surface area contributed by atoms with Crippen molar-refractivity contribution in [3.8, 4) is 11.8 Å². The Morgan fingerprint density at radius 1 is 0.900 bits per heavy atom. The van der Waals surface area contributed by atoms with Crippen LogP contribution in [0, 0.1) is 18.8 Å². The second kappa shape index (κ2) is 10.7. The fraction of sp³-hybridized carbons (Fsp3) is 0.200. The van der Waals surface area contributed by atoms with Gasteiger partial charge in [-0.05, 0) is 36.8 Å². The third kappa shape index (κ3) is 6.85. The normalized spacial score (nSPS) is 12.0. The van der Waals surface area contributed by atoms with E-state index in [1.165, 1.54) is 0 Å². The zero-order valence-corrected chi connectivity index (χ0v) is 17.7. The Hall–Kier alpha value is -2.91. The fourth-order valence-corrected chi connectivity index (χ4v) is 4.05. The summed E-state index contributed by atoms with van der Waals surface area (Å²) in [6, 6.07) is 25.7. The van der Waals surface area contributed by atoms with Gasteiger partial charge in [0.15, 0.2) is 0 Å². The molecule has 154 valence electrons. The highest BCUT2D eigenvalue weighted by Crippen LogP contribution is 2.12. The van der Waals surface area contributed by atoms with E-state index in [1.54, 1.807) is 24.3 Å². The number of aryl methyl sites for hydroxylation is 1. The maximum Gasteiger partial charge on any atom is 0.240 e. The van der Waals surface area contributed by atoms with Crippen molar-refractivity contribution in [2.45, 2.75) is 30.9 Å². The molecule has 3 rings (SSSR count). The first-order chi connectivity index (χ1) is 14.5. The number of rotatable bonds is 8. The average Bonchev–Trinajstić information content (AvgIpc) is 2.75. The summed E-state index contributed by atoms with van der Waals surface area (Å²) in [5, 5.41) is 0. The highest BCUT2D eigenvalue weighted by molar-refractivity contribution is 7.89. The van der Waals surface area contributed by atoms with Gasteiger partial charge in [0, 0.05) is 12.0 Å². The molecule has 0 aliphatic rings. The number of nitrogens with one attached hydrogen (secondary N) is 1. The van der Waals surface area contributed by atoms with E-state index in [9.17, 15) is 8.42 Å². The first-order valence-electron chi connectivity index (χ1n) is 9.77. The Bertz CT molecular complexity index is 1080. The first-order valence-corrected chi connectivity index (χ1v) is 11.3. The third-order valence-corrected chi connectivity index (χ3v) is 5.98. The van der Waals surface area contributed by atoms with Crippen LogP contribution in [0.2, 0.25) is 0 Å². The van der Waals surface area contributed by atoms with E-state index < -0.39 is 16.1 Å². The van der Waals surface area contributed by atoms with Gasteiger partial charge in [-0.1, -0.05) is 78.1 Å². The van der Waals surface area contributed by atoms with Crippen LogP contribution in [-0.4, -0.2) is 21.1 Å². The minimum Gasteiger partial charge on any atom is -0.375 e. The highest BCUT2D eigenvalue weighted by Gasteiger charge is 2.19. The maximum absolute atomic E-state index is 12.8. The third-order valence-electron chi connectivity index (χ3n) is 4.44. The number of hydrogen-bond acceptors (Lipinski definition) is 3. The summed E-state index contributed by atoms with van der Waals surface area (Å²) in [5.41, 5.74) is 2.93. The number of benzene rings is 3. The minimum absolute atomic E-state index is 0.226. The van der Waals surface area contributed by atoms with Gasteiger partial charge in [-0.2, -0.15) is 0 Å². The van der Waals surface area contributed by atoms with Crippen LogP contribution in [0.25, 0.3) is 0 Å². The van der Waals surface area contributed by atoms with Crippen molar-refractivity contribution in [1.29, 1.82) is 0 Å². The molecule has 1 atom stereocenters. The van der Waals surface area contributed by atoms with Gasteiger partial charge < -0.3 is 4.74 Å². The van der Waals surface area contributed by atoms with Gasteiger partial charge in [0.2, 0.25) is 10.0 Å². The van der Waals surface area contributed by atoms with Gasteiger partial charge in [-0.15, -0.1) is 0 Å². The van der Waals surface area contributed by atoms with E-state index in [4.69, 9.17) is 4.74 Å². The molecule has 0 fully saturated rings. The number of sulfonamides is 1. The lowest BCUT2D eigenvalue weighted by Gasteiger charge is -2.17. The van der Waals surface area contributed by atoms with Gasteiger partial charge in [-0.25, -0.2) is 13.1 Å². The molecule has 1 N–H and O–H groups in total. The second-order valence-electron chi connectivity index (χ2n) is 7.00. The summed E-state index contributed by atoms with van der Waals surface area (Å²) < 4.78 is 34.1. The zero-order chi connectivity index (χ0) is 21.2. The van der Waals surface area contributed by atoms with E-state index in [1.807, 2.05) is 67.6 Å². The molecule has 5 heteroatoms. The van der Waals surface area contributed by atoms with Crippen LogP contribution >= 0.6 is 0 Å². The molecule has 0 saturated carbocycles. The molecule has 0 amide bonds. The minimum atomic E-state index is -3.66. The monoisotopic (exact) mass is 419 g/mol. The van der Waals surface area contributed by atoms with Crippen LogP contribution < -0.4 is 4.72 Å². The molecule has 0 saturated heterocycles. The van der Waals surface area contributed by atoms with Crippen LogP contribution in [0.1, 0.15) is 23.1 Å². The molecular weight excluding hydrogens is 394 g/mol. The van der Waals surface area contributed by atoms with E-state index in [0.717, 1.165) is 16.7 Å². The average molecular weight is 420 g/mol. The van der Waals surface area contributed by atoms with E-state index in [0.29, 0.717) is 13.0 Å². The summed E-state index contributed by atoms with van der Waals surface area (Å²) in [7, 11) is -3.66. The standard InChI is InChI=1S/C25H25NO3S/c1-21-15-17-25(18-16-21)30(27,28)26-24(14-8-13-22-9-4-2-5-10-22)20-29-19-23-11-6-3-7-12-23/h2-7,9-12,15-18,24,26H,14,19-20H2,1H3. The molecule has 0 aromatic heterocycles. The van der Waals surface area contributed by atoms with Crippen LogP contribution in [0.15, 0.2) is 89.8 Å². The molecule has 4 nitrogen and oxygen atoms in total. The molecule has 0 radical (unpaired) electrons. The SMILES string of the molecule is Cc1ccc(S(=O)(=O)NC(CC#Cc2ccccc2)COCc2ccccc2)cc1. The molecule has 0 spiro atoms. The van der Waals surface area contributed by atoms with Crippen LogP contribution in [0.5, 0.6) is 0 Å². The zero-order valence-electron chi connectivity index (χ0n) is 16.9. The van der Waals surface area contributed by atoms with Crippen LogP contribution in [0.3, 0.4) is 0 Å². The van der Waals surface area contributed by atoms with Crippen molar-refractivity contribution < 1.29 is 13.2 Å². The first kappa shape index (κ1) is 21.8. The molecule has 0 bridgehead atoms. The molecule has 0 heterocycles. The lowest BCUT2D eigenvalue weighted by molar-refractivity contribution is 0.105. The van der Waals surface area contributed by atoms with Crippen molar-refractivity contribution in [1.82, 2.24) is 4.72 Å². The summed E-state index contributed by atoms with van der Waals surface area (Å²) in [4.78, 5) is 0.233. The predicted octanol–water partition coefficient (Wildman–Crippen LogP) is 4.30. The number of ether oxygens (including phenoxy) is 1. The van der Waals surface area contributed by atoms with Crippen molar-refractivity contribution in [2.75, 3.05) is 6.61 Å². The summed E-state index contributed by atoms with van der Waals surface area (Å²) in [6.07, 6.45) is 0.342. The Balaban J connectivity index is 1.69. The Labute approximate surface area is 179 Å². The smallest absolute Gasteiger partial charge is 0.240 e. The highest BCUT2D eigenvalue weighted by atomic mass is 32.2. The lowest BCUT2D eigenvalue weighted by atomic mass is 10.2. The van der Waals surface area contributed by atoms with E-state index >= 15 is 0 Å². The molecular formula is C25H25NO3S. The molecule has 0 aliphatic heterocycles. The summed E-state index contributed by atoms with van der Waals surface area (Å²) in [5.74, 6) is 6.15. The van der Waals surface area contributed by atoms with Crippen LogP contribution in [0.4, 0.5) is 0 Å². The summed E-state index contributed by atoms with van der Waals surface area (Å²) in [6.45, 7) is 2.56. The molecule has 0 aliphatic carbocycles. The quantitative estimate of drug-likeness (QED) is 0.554. The van der Waals surface area contributed by atoms with Gasteiger partial charge in [0.1, 0.15) is 0 Å². The van der Waals surface area contributed by atoms with Crippen molar-refractivity contribution in [2.24, 2.45) is 0 Å². The number of hydrogen-bond donors (Lipinski definition) is 1. The molecule has 30 heavy (non-hydrogen) atoms. The molecule has 3 aromatic carbocycles. The molecule has 3 aromatic rings. The Kier molecular flexibility index (Phi) is 7.81. The van der Waals surface area contributed by atoms with Gasteiger partial charge >= 0.3 is 0 Å². The van der Waals surface area contributed by atoms with E-state index in [-0.39, 0.29) is 11.5 Å². The Morgan fingerprint density at radius 3 is 2.20 bits per heavy atom. The lowest BCUT2D eigenvalue weighted by Crippen LogP contribution is -2.38. The second-order valence-corrected chi connectivity index (χ2v) is 8.72. The van der Waals surface area contributed by atoms with Gasteiger partial charge in [-0.3, -0.25) is 0 Å². The maximum atomic E-state index is 12.8. The van der Waals surface area contributed by atoms with Gasteiger partial charge in [0.05, 0.1) is 24.2 Å². The van der Waals surface area contributed by atoms with Crippen molar-refractivity contribution >= 4 is 10.0 Å².